The van der Waals surface area contributed by atoms with Crippen molar-refractivity contribution < 1.29 is 9.53 Å². The van der Waals surface area contributed by atoms with Crippen LogP contribution in [0.1, 0.15) is 16.1 Å². The molecular weight excluding hydrogens is 222 g/mol. The molecule has 0 unspecified atom stereocenters. The number of pyridine rings is 1. The molecule has 0 bridgehead atoms. The molecule has 0 atom stereocenters. The third-order valence-electron chi connectivity index (χ3n) is 2.24. The number of nitrogens with zero attached hydrogens (tertiary/aromatic N) is 2. The average molecular weight is 233 g/mol. The van der Waals surface area contributed by atoms with E-state index in [0.29, 0.717) is 11.3 Å². The fourth-order valence-corrected chi connectivity index (χ4v) is 1.35. The zero-order valence-corrected chi connectivity index (χ0v) is 9.43. The molecule has 88 valence electrons. The highest BCUT2D eigenvalue weighted by molar-refractivity contribution is 5.90. The summed E-state index contributed by atoms with van der Waals surface area (Å²) in [5.74, 6) is -0.598. The molecule has 2 rings (SSSR count). The summed E-state index contributed by atoms with van der Waals surface area (Å²) in [6, 6.07) is 3.13. The van der Waals surface area contributed by atoms with Crippen LogP contribution in [0.4, 0.5) is 0 Å². The SMILES string of the molecule is Cc1cc(C(=O)Oc2c[nH]n(C)c2=O)ccn1. The van der Waals surface area contributed by atoms with Crippen LogP contribution in [-0.2, 0) is 7.05 Å². The summed E-state index contributed by atoms with van der Waals surface area (Å²) in [4.78, 5) is 27.1. The molecule has 0 aromatic carbocycles. The van der Waals surface area contributed by atoms with Gasteiger partial charge in [-0.3, -0.25) is 19.6 Å². The Hall–Kier alpha value is -2.37. The minimum Gasteiger partial charge on any atom is -0.415 e. The van der Waals surface area contributed by atoms with Gasteiger partial charge in [0.2, 0.25) is 5.75 Å². The molecule has 0 fully saturated rings. The molecule has 0 aliphatic heterocycles. The van der Waals surface area contributed by atoms with E-state index in [4.69, 9.17) is 4.74 Å². The maximum absolute atomic E-state index is 11.7. The number of hydrogen-bond donors (Lipinski definition) is 1. The second-order valence-electron chi connectivity index (χ2n) is 3.58. The van der Waals surface area contributed by atoms with Crippen molar-refractivity contribution in [1.82, 2.24) is 14.8 Å². The number of rotatable bonds is 2. The van der Waals surface area contributed by atoms with E-state index in [-0.39, 0.29) is 11.3 Å². The van der Waals surface area contributed by atoms with E-state index in [1.165, 1.54) is 30.2 Å². The Kier molecular flexibility index (Phi) is 2.78. The van der Waals surface area contributed by atoms with Gasteiger partial charge in [-0.15, -0.1) is 0 Å². The summed E-state index contributed by atoms with van der Waals surface area (Å²) in [7, 11) is 1.54. The number of H-pyrrole nitrogens is 1. The molecule has 2 aromatic rings. The fourth-order valence-electron chi connectivity index (χ4n) is 1.35. The quantitative estimate of drug-likeness (QED) is 0.772. The first-order chi connectivity index (χ1) is 8.08. The highest BCUT2D eigenvalue weighted by Gasteiger charge is 2.12. The Morgan fingerprint density at radius 3 is 2.88 bits per heavy atom. The Morgan fingerprint density at radius 2 is 2.29 bits per heavy atom. The summed E-state index contributed by atoms with van der Waals surface area (Å²) < 4.78 is 6.20. The highest BCUT2D eigenvalue weighted by atomic mass is 16.5. The lowest BCUT2D eigenvalue weighted by molar-refractivity contribution is 0.0732. The summed E-state index contributed by atoms with van der Waals surface area (Å²) >= 11 is 0. The van der Waals surface area contributed by atoms with E-state index in [1.54, 1.807) is 13.0 Å². The number of carbonyl (C=O) groups is 1. The molecule has 0 radical (unpaired) electrons. The second-order valence-corrected chi connectivity index (χ2v) is 3.58. The van der Waals surface area contributed by atoms with Gasteiger partial charge in [0.1, 0.15) is 0 Å². The van der Waals surface area contributed by atoms with Crippen LogP contribution in [0, 0.1) is 6.92 Å². The first-order valence-corrected chi connectivity index (χ1v) is 4.97. The zero-order valence-electron chi connectivity index (χ0n) is 9.43. The smallest absolute Gasteiger partial charge is 0.343 e. The standard InChI is InChI=1S/C11H11N3O3/c1-7-5-8(3-4-12-7)11(16)17-9-6-13-14(2)10(9)15/h3-6,13H,1-2H3. The van der Waals surface area contributed by atoms with Crippen molar-refractivity contribution in [3.8, 4) is 5.75 Å². The van der Waals surface area contributed by atoms with Crippen molar-refractivity contribution in [1.29, 1.82) is 0 Å². The second kappa shape index (κ2) is 4.25. The van der Waals surface area contributed by atoms with E-state index in [2.05, 4.69) is 10.1 Å². The van der Waals surface area contributed by atoms with Crippen LogP contribution in [-0.4, -0.2) is 20.7 Å². The van der Waals surface area contributed by atoms with E-state index in [9.17, 15) is 9.59 Å². The largest absolute Gasteiger partial charge is 0.415 e. The van der Waals surface area contributed by atoms with Gasteiger partial charge in [0.15, 0.2) is 0 Å². The van der Waals surface area contributed by atoms with E-state index in [0.717, 1.165) is 0 Å². The van der Waals surface area contributed by atoms with Crippen LogP contribution in [0.2, 0.25) is 0 Å². The zero-order chi connectivity index (χ0) is 12.4. The van der Waals surface area contributed by atoms with Gasteiger partial charge < -0.3 is 4.74 Å². The van der Waals surface area contributed by atoms with E-state index in [1.807, 2.05) is 0 Å². The fraction of sp³-hybridized carbons (Fsp3) is 0.182. The van der Waals surface area contributed by atoms with Gasteiger partial charge >= 0.3 is 11.5 Å². The molecule has 6 heteroatoms. The van der Waals surface area contributed by atoms with Gasteiger partial charge in [0.05, 0.1) is 11.8 Å². The number of carbonyl (C=O) groups excluding carboxylic acids is 1. The molecule has 2 heterocycles. The summed E-state index contributed by atoms with van der Waals surface area (Å²) in [5, 5.41) is 2.62. The van der Waals surface area contributed by atoms with Crippen LogP contribution in [0.5, 0.6) is 5.75 Å². The lowest BCUT2D eigenvalue weighted by Crippen LogP contribution is -2.17. The topological polar surface area (TPSA) is 77.0 Å². The molecule has 0 saturated carbocycles. The number of aryl methyl sites for hydroxylation is 2. The van der Waals surface area contributed by atoms with Crippen molar-refractivity contribution in [2.24, 2.45) is 7.05 Å². The number of aromatic amines is 1. The predicted molar refractivity (Wildman–Crippen MR) is 60.0 cm³/mol. The molecule has 0 spiro atoms. The Labute approximate surface area is 96.8 Å². The lowest BCUT2D eigenvalue weighted by Gasteiger charge is -2.01. The average Bonchev–Trinajstić information content (AvgIpc) is 2.61. The van der Waals surface area contributed by atoms with Crippen molar-refractivity contribution in [2.75, 3.05) is 0 Å². The van der Waals surface area contributed by atoms with Crippen molar-refractivity contribution in [3.05, 3.63) is 46.1 Å². The third kappa shape index (κ3) is 2.25. The maximum Gasteiger partial charge on any atom is 0.343 e. The van der Waals surface area contributed by atoms with E-state index >= 15 is 0 Å². The minimum atomic E-state index is -0.577. The predicted octanol–water partition coefficient (Wildman–Crippen LogP) is 0.636. The van der Waals surface area contributed by atoms with Gasteiger partial charge in [-0.2, -0.15) is 0 Å². The van der Waals surface area contributed by atoms with Crippen molar-refractivity contribution in [3.63, 3.8) is 0 Å². The lowest BCUT2D eigenvalue weighted by atomic mass is 10.2. The minimum absolute atomic E-state index is 0.0213. The monoisotopic (exact) mass is 233 g/mol. The molecule has 2 aromatic heterocycles. The van der Waals surface area contributed by atoms with Gasteiger partial charge in [0.25, 0.3) is 0 Å². The van der Waals surface area contributed by atoms with Gasteiger partial charge in [-0.1, -0.05) is 0 Å². The normalized spacial score (nSPS) is 10.2. The van der Waals surface area contributed by atoms with E-state index < -0.39 is 5.97 Å². The Morgan fingerprint density at radius 1 is 1.53 bits per heavy atom. The maximum atomic E-state index is 11.7. The van der Waals surface area contributed by atoms with Gasteiger partial charge in [-0.25, -0.2) is 4.79 Å². The molecule has 17 heavy (non-hydrogen) atoms. The number of esters is 1. The number of hydrogen-bond acceptors (Lipinski definition) is 4. The Bertz CT molecular complexity index is 612. The summed E-state index contributed by atoms with van der Waals surface area (Å²) in [6.45, 7) is 1.77. The first-order valence-electron chi connectivity index (χ1n) is 4.97. The molecular formula is C11H11N3O3. The highest BCUT2D eigenvalue weighted by Crippen LogP contribution is 2.06. The van der Waals surface area contributed by atoms with Crippen LogP contribution in [0.3, 0.4) is 0 Å². The van der Waals surface area contributed by atoms with Crippen LogP contribution in [0.15, 0.2) is 29.3 Å². The van der Waals surface area contributed by atoms with Crippen LogP contribution < -0.4 is 10.3 Å². The van der Waals surface area contributed by atoms with Crippen LogP contribution >= 0.6 is 0 Å². The molecule has 6 nitrogen and oxygen atoms in total. The van der Waals surface area contributed by atoms with Gasteiger partial charge in [0, 0.05) is 18.9 Å². The van der Waals surface area contributed by atoms with Gasteiger partial charge in [-0.05, 0) is 19.1 Å². The summed E-state index contributed by atoms with van der Waals surface area (Å²) in [6.07, 6.45) is 2.86. The molecule has 0 amide bonds. The number of ether oxygens (including phenoxy) is 1. The molecule has 0 aliphatic rings. The number of aromatic nitrogens is 3. The van der Waals surface area contributed by atoms with Crippen LogP contribution in [0.25, 0.3) is 0 Å². The first kappa shape index (κ1) is 11.1. The van der Waals surface area contributed by atoms with Crippen molar-refractivity contribution in [2.45, 2.75) is 6.92 Å². The number of nitrogens with one attached hydrogen (secondary N) is 1. The molecule has 0 saturated heterocycles. The Balaban J connectivity index is 2.23. The summed E-state index contributed by atoms with van der Waals surface area (Å²) in [5.41, 5.74) is 0.686. The molecule has 1 N–H and O–H groups in total. The molecule has 0 aliphatic carbocycles. The third-order valence-corrected chi connectivity index (χ3v) is 2.24. The van der Waals surface area contributed by atoms with Crippen molar-refractivity contribution >= 4 is 5.97 Å².